The Morgan fingerprint density at radius 3 is 2.35 bits per heavy atom. The first-order valence-corrected chi connectivity index (χ1v) is 11.8. The van der Waals surface area contributed by atoms with Crippen molar-refractivity contribution >= 4 is 21.7 Å². The Balaban J connectivity index is 1.43. The van der Waals surface area contributed by atoms with E-state index < -0.39 is 16.0 Å². The van der Waals surface area contributed by atoms with Crippen LogP contribution in [-0.4, -0.2) is 38.3 Å². The molecule has 0 spiro atoms. The van der Waals surface area contributed by atoms with Crippen molar-refractivity contribution in [2.45, 2.75) is 11.5 Å². The molecule has 174 valence electrons. The molecule has 0 N–H and O–H groups in total. The van der Waals surface area contributed by atoms with Crippen molar-refractivity contribution in [2.75, 3.05) is 18.5 Å². The maximum atomic E-state index is 13.1. The molecule has 0 unspecified atom stereocenters. The molecule has 0 aliphatic rings. The molecule has 0 atom stereocenters. The second-order valence-corrected chi connectivity index (χ2v) is 9.34. The zero-order valence-electron chi connectivity index (χ0n) is 18.7. The molecular formula is C25H23N3O5S. The highest BCUT2D eigenvalue weighted by Gasteiger charge is 2.24. The average Bonchev–Trinajstić information content (AvgIpc) is 3.36. The summed E-state index contributed by atoms with van der Waals surface area (Å²) < 4.78 is 39.6. The van der Waals surface area contributed by atoms with Gasteiger partial charge in [0, 0.05) is 18.8 Å². The van der Waals surface area contributed by atoms with Crippen molar-refractivity contribution in [3.05, 3.63) is 102 Å². The number of benzene rings is 3. The van der Waals surface area contributed by atoms with Gasteiger partial charge in [-0.15, -0.1) is 0 Å². The minimum Gasteiger partial charge on any atom is -0.495 e. The van der Waals surface area contributed by atoms with Crippen molar-refractivity contribution in [1.29, 1.82) is 0 Å². The Morgan fingerprint density at radius 1 is 0.971 bits per heavy atom. The molecule has 9 heteroatoms. The third-order valence-corrected chi connectivity index (χ3v) is 6.99. The Labute approximate surface area is 198 Å². The van der Waals surface area contributed by atoms with Gasteiger partial charge in [0.25, 0.3) is 10.0 Å². The van der Waals surface area contributed by atoms with Crippen LogP contribution in [0.3, 0.4) is 0 Å². The summed E-state index contributed by atoms with van der Waals surface area (Å²) in [5.74, 6) is -0.126. The maximum Gasteiger partial charge on any atom is 0.338 e. The molecule has 8 nitrogen and oxygen atoms in total. The highest BCUT2D eigenvalue weighted by molar-refractivity contribution is 7.92. The second kappa shape index (κ2) is 9.80. The van der Waals surface area contributed by atoms with Crippen LogP contribution < -0.4 is 9.04 Å². The predicted octanol–water partition coefficient (Wildman–Crippen LogP) is 4.06. The fourth-order valence-electron chi connectivity index (χ4n) is 3.33. The number of carbonyl (C=O) groups excluding carboxylic acids is 1. The van der Waals surface area contributed by atoms with Gasteiger partial charge in [0.1, 0.15) is 12.4 Å². The monoisotopic (exact) mass is 477 g/mol. The molecule has 3 aromatic carbocycles. The molecule has 0 amide bonds. The summed E-state index contributed by atoms with van der Waals surface area (Å²) in [4.78, 5) is 12.5. The van der Waals surface area contributed by atoms with E-state index in [4.69, 9.17) is 9.47 Å². The van der Waals surface area contributed by atoms with E-state index >= 15 is 0 Å². The fraction of sp³-hybridized carbons (Fsp3) is 0.120. The normalized spacial score (nSPS) is 11.1. The van der Waals surface area contributed by atoms with Crippen LogP contribution in [0.5, 0.6) is 5.75 Å². The molecule has 0 saturated carbocycles. The average molecular weight is 478 g/mol. The highest BCUT2D eigenvalue weighted by atomic mass is 32.2. The van der Waals surface area contributed by atoms with Gasteiger partial charge in [-0.05, 0) is 48.5 Å². The smallest absolute Gasteiger partial charge is 0.338 e. The number of nitrogens with zero attached hydrogens (tertiary/aromatic N) is 3. The van der Waals surface area contributed by atoms with E-state index in [-0.39, 0.29) is 17.1 Å². The molecule has 1 aromatic heterocycles. The zero-order valence-corrected chi connectivity index (χ0v) is 19.5. The fourth-order valence-corrected chi connectivity index (χ4v) is 4.54. The van der Waals surface area contributed by atoms with E-state index in [1.165, 1.54) is 38.4 Å². The molecule has 0 aliphatic carbocycles. The number of para-hydroxylation sites is 3. The number of hydrogen-bond donors (Lipinski definition) is 0. The van der Waals surface area contributed by atoms with E-state index in [2.05, 4.69) is 5.10 Å². The van der Waals surface area contributed by atoms with Crippen molar-refractivity contribution in [2.24, 2.45) is 0 Å². The Kier molecular flexibility index (Phi) is 6.65. The van der Waals surface area contributed by atoms with Crippen molar-refractivity contribution in [3.63, 3.8) is 0 Å². The Bertz CT molecular complexity index is 1380. The third kappa shape index (κ3) is 4.79. The van der Waals surface area contributed by atoms with Crippen LogP contribution in [0.4, 0.5) is 5.69 Å². The lowest BCUT2D eigenvalue weighted by Crippen LogP contribution is -2.27. The van der Waals surface area contributed by atoms with Crippen LogP contribution in [0.15, 0.2) is 96.2 Å². The molecule has 0 bridgehead atoms. The van der Waals surface area contributed by atoms with Crippen LogP contribution in [-0.2, 0) is 21.4 Å². The van der Waals surface area contributed by atoms with Gasteiger partial charge in [-0.3, -0.25) is 4.31 Å². The SMILES string of the molecule is COc1ccccc1N(C)S(=O)(=O)c1ccc(C(=O)OCc2cnn(-c3ccccc3)c2)cc1. The molecule has 0 aliphatic heterocycles. The molecule has 4 aromatic rings. The van der Waals surface area contributed by atoms with Gasteiger partial charge in [0.05, 0.1) is 35.1 Å². The lowest BCUT2D eigenvalue weighted by atomic mass is 10.2. The van der Waals surface area contributed by atoms with Crippen LogP contribution in [0.25, 0.3) is 5.69 Å². The first kappa shape index (κ1) is 23.1. The summed E-state index contributed by atoms with van der Waals surface area (Å²) in [7, 11) is -0.928. The topological polar surface area (TPSA) is 90.7 Å². The summed E-state index contributed by atoms with van der Waals surface area (Å²) in [5.41, 5.74) is 2.28. The van der Waals surface area contributed by atoms with Gasteiger partial charge < -0.3 is 9.47 Å². The molecule has 0 fully saturated rings. The minimum atomic E-state index is -3.86. The molecule has 1 heterocycles. The standard InChI is InChI=1S/C25H23N3O5S/c1-27(23-10-6-7-11-24(23)32-2)34(30,31)22-14-12-20(13-15-22)25(29)33-18-19-16-26-28(17-19)21-8-4-3-5-9-21/h3-17H,18H2,1-2H3. The van der Waals surface area contributed by atoms with Crippen LogP contribution in [0.1, 0.15) is 15.9 Å². The van der Waals surface area contributed by atoms with Gasteiger partial charge in [0.15, 0.2) is 0 Å². The summed E-state index contributed by atoms with van der Waals surface area (Å²) in [6.07, 6.45) is 3.41. The predicted molar refractivity (Wildman–Crippen MR) is 128 cm³/mol. The first-order chi connectivity index (χ1) is 16.4. The van der Waals surface area contributed by atoms with Gasteiger partial charge in [0.2, 0.25) is 0 Å². The Hall–Kier alpha value is -4.11. The highest BCUT2D eigenvalue weighted by Crippen LogP contribution is 2.30. The van der Waals surface area contributed by atoms with Crippen LogP contribution in [0, 0.1) is 0 Å². The van der Waals surface area contributed by atoms with Crippen molar-refractivity contribution < 1.29 is 22.7 Å². The minimum absolute atomic E-state index is 0.0431. The number of ether oxygens (including phenoxy) is 2. The number of esters is 1. The van der Waals surface area contributed by atoms with E-state index in [0.29, 0.717) is 11.4 Å². The number of hydrogen-bond acceptors (Lipinski definition) is 6. The summed E-state index contributed by atoms with van der Waals surface area (Å²) in [6.45, 7) is 0.0439. The lowest BCUT2D eigenvalue weighted by Gasteiger charge is -2.21. The van der Waals surface area contributed by atoms with E-state index in [0.717, 1.165) is 15.6 Å². The maximum absolute atomic E-state index is 13.1. The number of sulfonamides is 1. The van der Waals surface area contributed by atoms with Gasteiger partial charge in [-0.2, -0.15) is 5.10 Å². The number of carbonyl (C=O) groups is 1. The number of anilines is 1. The zero-order chi connectivity index (χ0) is 24.1. The van der Waals surface area contributed by atoms with Gasteiger partial charge >= 0.3 is 5.97 Å². The summed E-state index contributed by atoms with van der Waals surface area (Å²) in [5, 5.41) is 4.27. The number of aromatic nitrogens is 2. The second-order valence-electron chi connectivity index (χ2n) is 7.37. The summed E-state index contributed by atoms with van der Waals surface area (Å²) in [6, 6.07) is 22.0. The van der Waals surface area contributed by atoms with Gasteiger partial charge in [-0.25, -0.2) is 17.9 Å². The van der Waals surface area contributed by atoms with E-state index in [1.54, 1.807) is 41.3 Å². The molecule has 0 saturated heterocycles. The van der Waals surface area contributed by atoms with Crippen LogP contribution in [0.2, 0.25) is 0 Å². The largest absolute Gasteiger partial charge is 0.495 e. The molecular weight excluding hydrogens is 454 g/mol. The first-order valence-electron chi connectivity index (χ1n) is 10.4. The molecule has 34 heavy (non-hydrogen) atoms. The number of methoxy groups -OCH3 is 1. The quantitative estimate of drug-likeness (QED) is 0.356. The number of rotatable bonds is 8. The Morgan fingerprint density at radius 2 is 1.65 bits per heavy atom. The van der Waals surface area contributed by atoms with E-state index in [9.17, 15) is 13.2 Å². The third-order valence-electron chi connectivity index (χ3n) is 5.20. The van der Waals surface area contributed by atoms with Crippen LogP contribution >= 0.6 is 0 Å². The van der Waals surface area contributed by atoms with Crippen molar-refractivity contribution in [3.8, 4) is 11.4 Å². The molecule has 4 rings (SSSR count). The lowest BCUT2D eigenvalue weighted by molar-refractivity contribution is 0.0472. The van der Waals surface area contributed by atoms with Gasteiger partial charge in [-0.1, -0.05) is 30.3 Å². The summed E-state index contributed by atoms with van der Waals surface area (Å²) >= 11 is 0. The van der Waals surface area contributed by atoms with E-state index in [1.807, 2.05) is 30.3 Å². The molecule has 0 radical (unpaired) electrons. The van der Waals surface area contributed by atoms with Crippen molar-refractivity contribution in [1.82, 2.24) is 9.78 Å².